The summed E-state index contributed by atoms with van der Waals surface area (Å²) in [6.45, 7) is 2.01. The molecular weight excluding hydrogens is 292 g/mol. The molecule has 0 aliphatic rings. The van der Waals surface area contributed by atoms with Gasteiger partial charge in [0, 0.05) is 12.4 Å². The van der Waals surface area contributed by atoms with Crippen LogP contribution in [0.2, 0.25) is 0 Å². The minimum atomic E-state index is -0.0347. The van der Waals surface area contributed by atoms with Gasteiger partial charge in [-0.25, -0.2) is 0 Å². The van der Waals surface area contributed by atoms with Crippen molar-refractivity contribution in [2.24, 2.45) is 0 Å². The summed E-state index contributed by atoms with van der Waals surface area (Å²) in [5, 5.41) is 2.85. The predicted molar refractivity (Wildman–Crippen MR) is 75.4 cm³/mol. The third-order valence-corrected chi connectivity index (χ3v) is 3.13. The fourth-order valence-electron chi connectivity index (χ4n) is 1.68. The number of benzene rings is 1. The average molecular weight is 305 g/mol. The van der Waals surface area contributed by atoms with Gasteiger partial charge in [-0.1, -0.05) is 29.8 Å². The molecular formula is C14H13BrN2O. The van der Waals surface area contributed by atoms with Crippen molar-refractivity contribution < 1.29 is 4.79 Å². The third-order valence-electron chi connectivity index (χ3n) is 2.49. The highest BCUT2D eigenvalue weighted by Crippen LogP contribution is 2.20. The van der Waals surface area contributed by atoms with Gasteiger partial charge in [0.05, 0.1) is 16.6 Å². The summed E-state index contributed by atoms with van der Waals surface area (Å²) in [5.74, 6) is -0.0347. The summed E-state index contributed by atoms with van der Waals surface area (Å²) >= 11 is 3.34. The van der Waals surface area contributed by atoms with E-state index in [1.54, 1.807) is 18.5 Å². The van der Waals surface area contributed by atoms with Crippen molar-refractivity contribution in [1.29, 1.82) is 0 Å². The highest BCUT2D eigenvalue weighted by Gasteiger charge is 2.06. The van der Waals surface area contributed by atoms with Gasteiger partial charge in [0.25, 0.3) is 0 Å². The fourth-order valence-corrected chi connectivity index (χ4v) is 2.03. The van der Waals surface area contributed by atoms with E-state index < -0.39 is 0 Å². The lowest BCUT2D eigenvalue weighted by Gasteiger charge is -2.07. The summed E-state index contributed by atoms with van der Waals surface area (Å²) in [6.07, 6.45) is 3.67. The number of amides is 1. The maximum absolute atomic E-state index is 11.9. The highest BCUT2D eigenvalue weighted by molar-refractivity contribution is 9.10. The average Bonchev–Trinajstić information content (AvgIpc) is 2.32. The zero-order valence-electron chi connectivity index (χ0n) is 9.98. The molecule has 0 unspecified atom stereocenters. The molecule has 2 aromatic rings. The monoisotopic (exact) mass is 304 g/mol. The molecule has 4 heteroatoms. The van der Waals surface area contributed by atoms with E-state index in [1.807, 2.05) is 31.2 Å². The first-order chi connectivity index (χ1) is 8.65. The number of halogens is 1. The molecule has 1 N–H and O–H groups in total. The smallest absolute Gasteiger partial charge is 0.228 e. The molecule has 0 saturated heterocycles. The Morgan fingerprint density at radius 1 is 1.39 bits per heavy atom. The first-order valence-electron chi connectivity index (χ1n) is 5.60. The van der Waals surface area contributed by atoms with E-state index in [4.69, 9.17) is 0 Å². The Hall–Kier alpha value is -1.68. The summed E-state index contributed by atoms with van der Waals surface area (Å²) in [6, 6.07) is 9.70. The SMILES string of the molecule is Cc1cccc(CC(=O)Nc2ccncc2Br)c1. The molecule has 0 bridgehead atoms. The van der Waals surface area contributed by atoms with Crippen LogP contribution in [0.3, 0.4) is 0 Å². The molecule has 0 radical (unpaired) electrons. The molecule has 0 aliphatic carbocycles. The quantitative estimate of drug-likeness (QED) is 0.945. The molecule has 1 heterocycles. The summed E-state index contributed by atoms with van der Waals surface area (Å²) in [7, 11) is 0. The molecule has 0 atom stereocenters. The Morgan fingerprint density at radius 3 is 2.94 bits per heavy atom. The number of nitrogens with zero attached hydrogens (tertiary/aromatic N) is 1. The Balaban J connectivity index is 2.03. The van der Waals surface area contributed by atoms with Crippen molar-refractivity contribution in [3.63, 3.8) is 0 Å². The maximum Gasteiger partial charge on any atom is 0.228 e. The van der Waals surface area contributed by atoms with Crippen LogP contribution in [-0.2, 0) is 11.2 Å². The van der Waals surface area contributed by atoms with E-state index in [0.717, 1.165) is 21.3 Å². The van der Waals surface area contributed by atoms with Crippen molar-refractivity contribution in [1.82, 2.24) is 4.98 Å². The molecule has 1 aromatic heterocycles. The van der Waals surface area contributed by atoms with E-state index in [1.165, 1.54) is 0 Å². The number of pyridine rings is 1. The van der Waals surface area contributed by atoms with E-state index in [-0.39, 0.29) is 5.91 Å². The van der Waals surface area contributed by atoms with Crippen molar-refractivity contribution in [3.05, 3.63) is 58.3 Å². The molecule has 0 aliphatic heterocycles. The largest absolute Gasteiger partial charge is 0.325 e. The number of hydrogen-bond acceptors (Lipinski definition) is 2. The van der Waals surface area contributed by atoms with Gasteiger partial charge in [-0.2, -0.15) is 0 Å². The van der Waals surface area contributed by atoms with E-state index in [2.05, 4.69) is 26.2 Å². The highest BCUT2D eigenvalue weighted by atomic mass is 79.9. The number of aryl methyl sites for hydroxylation is 1. The van der Waals surface area contributed by atoms with Gasteiger partial charge in [-0.3, -0.25) is 9.78 Å². The molecule has 92 valence electrons. The van der Waals surface area contributed by atoms with E-state index in [9.17, 15) is 4.79 Å². The van der Waals surface area contributed by atoms with Crippen molar-refractivity contribution >= 4 is 27.5 Å². The van der Waals surface area contributed by atoms with E-state index >= 15 is 0 Å². The van der Waals surface area contributed by atoms with Crippen LogP contribution in [0.5, 0.6) is 0 Å². The molecule has 3 nitrogen and oxygen atoms in total. The number of carbonyl (C=O) groups is 1. The number of carbonyl (C=O) groups excluding carboxylic acids is 1. The van der Waals surface area contributed by atoms with Crippen molar-refractivity contribution in [2.45, 2.75) is 13.3 Å². The van der Waals surface area contributed by atoms with Gasteiger partial charge in [0.15, 0.2) is 0 Å². The fraction of sp³-hybridized carbons (Fsp3) is 0.143. The van der Waals surface area contributed by atoms with Crippen LogP contribution in [0.4, 0.5) is 5.69 Å². The van der Waals surface area contributed by atoms with Crippen LogP contribution in [0, 0.1) is 6.92 Å². The Labute approximate surface area is 114 Å². The molecule has 1 amide bonds. The molecule has 0 fully saturated rings. The van der Waals surface area contributed by atoms with Gasteiger partial charge in [-0.15, -0.1) is 0 Å². The number of hydrogen-bond donors (Lipinski definition) is 1. The van der Waals surface area contributed by atoms with Crippen LogP contribution in [-0.4, -0.2) is 10.9 Å². The minimum Gasteiger partial charge on any atom is -0.325 e. The lowest BCUT2D eigenvalue weighted by molar-refractivity contribution is -0.115. The van der Waals surface area contributed by atoms with Crippen LogP contribution >= 0.6 is 15.9 Å². The second-order valence-corrected chi connectivity index (χ2v) is 4.92. The Morgan fingerprint density at radius 2 is 2.22 bits per heavy atom. The number of anilines is 1. The van der Waals surface area contributed by atoms with Gasteiger partial charge in [0.1, 0.15) is 0 Å². The van der Waals surface area contributed by atoms with Gasteiger partial charge in [-0.05, 0) is 34.5 Å². The van der Waals surface area contributed by atoms with Crippen molar-refractivity contribution in [3.8, 4) is 0 Å². The van der Waals surface area contributed by atoms with E-state index in [0.29, 0.717) is 6.42 Å². The van der Waals surface area contributed by atoms with Gasteiger partial charge in [0.2, 0.25) is 5.91 Å². The maximum atomic E-state index is 11.9. The minimum absolute atomic E-state index is 0.0347. The third kappa shape index (κ3) is 3.40. The second-order valence-electron chi connectivity index (χ2n) is 4.07. The van der Waals surface area contributed by atoms with Gasteiger partial charge < -0.3 is 5.32 Å². The topological polar surface area (TPSA) is 42.0 Å². The zero-order valence-corrected chi connectivity index (χ0v) is 11.6. The molecule has 0 spiro atoms. The molecule has 1 aromatic carbocycles. The normalized spacial score (nSPS) is 10.1. The lowest BCUT2D eigenvalue weighted by Crippen LogP contribution is -2.14. The predicted octanol–water partition coefficient (Wildman–Crippen LogP) is 3.33. The lowest BCUT2D eigenvalue weighted by atomic mass is 10.1. The van der Waals surface area contributed by atoms with Crippen LogP contribution in [0.25, 0.3) is 0 Å². The molecule has 2 rings (SSSR count). The zero-order chi connectivity index (χ0) is 13.0. The number of rotatable bonds is 3. The van der Waals surface area contributed by atoms with Crippen LogP contribution in [0.15, 0.2) is 47.2 Å². The summed E-state index contributed by atoms with van der Waals surface area (Å²) < 4.78 is 0.780. The Bertz CT molecular complexity index is 569. The van der Waals surface area contributed by atoms with Crippen LogP contribution < -0.4 is 5.32 Å². The number of nitrogens with one attached hydrogen (secondary N) is 1. The van der Waals surface area contributed by atoms with Crippen molar-refractivity contribution in [2.75, 3.05) is 5.32 Å². The van der Waals surface area contributed by atoms with Crippen LogP contribution in [0.1, 0.15) is 11.1 Å². The number of aromatic nitrogens is 1. The second kappa shape index (κ2) is 5.78. The first-order valence-corrected chi connectivity index (χ1v) is 6.39. The van der Waals surface area contributed by atoms with Gasteiger partial charge >= 0.3 is 0 Å². The summed E-state index contributed by atoms with van der Waals surface area (Å²) in [4.78, 5) is 15.8. The molecule has 18 heavy (non-hydrogen) atoms. The standard InChI is InChI=1S/C14H13BrN2O/c1-10-3-2-4-11(7-10)8-14(18)17-13-5-6-16-9-12(13)15/h2-7,9H,8H2,1H3,(H,16,17,18). The summed E-state index contributed by atoms with van der Waals surface area (Å²) in [5.41, 5.74) is 2.91. The first kappa shape index (κ1) is 12.8. The molecule has 0 saturated carbocycles. The Kier molecular flexibility index (Phi) is 4.10.